The van der Waals surface area contributed by atoms with Crippen molar-refractivity contribution < 1.29 is 5.11 Å². The molecule has 1 N–H and O–H groups in total. The van der Waals surface area contributed by atoms with Crippen LogP contribution in [-0.2, 0) is 0 Å². The van der Waals surface area contributed by atoms with Gasteiger partial charge in [-0.1, -0.05) is 70.5 Å². The van der Waals surface area contributed by atoms with Crippen LogP contribution in [0.15, 0.2) is 22.9 Å². The fraction of sp³-hybridized carbons (Fsp3) is 0.786. The SMILES string of the molecule is C#C[C@]1([Si](C)(C)C)CC[C@H]2[C@H]3[C@H](CC[C@@]21C)[C@H]1CC(O)C([Si](C)(C)C)=CC1=C[C@H]3CC. The first-order valence-corrected chi connectivity index (χ1v) is 19.9. The normalized spacial score (nSPS) is 45.0. The first kappa shape index (κ1) is 23.6. The highest BCUT2D eigenvalue weighted by atomic mass is 28.3. The average Bonchev–Trinajstić information content (AvgIpc) is 2.99. The Labute approximate surface area is 194 Å². The van der Waals surface area contributed by atoms with Crippen molar-refractivity contribution in [3.8, 4) is 12.3 Å². The lowest BCUT2D eigenvalue weighted by Crippen LogP contribution is -2.55. The van der Waals surface area contributed by atoms with Crippen LogP contribution in [0, 0.1) is 47.3 Å². The monoisotopic (exact) mass is 454 g/mol. The Kier molecular flexibility index (Phi) is 5.69. The molecule has 2 saturated carbocycles. The van der Waals surface area contributed by atoms with E-state index in [1.807, 2.05) is 0 Å². The number of hydrogen-bond acceptors (Lipinski definition) is 1. The second-order valence-corrected chi connectivity index (χ2v) is 24.0. The number of aliphatic hydroxyl groups excluding tert-OH is 1. The predicted octanol–water partition coefficient (Wildman–Crippen LogP) is 7.29. The van der Waals surface area contributed by atoms with Crippen molar-refractivity contribution in [1.29, 1.82) is 0 Å². The fourth-order valence-electron chi connectivity index (χ4n) is 8.98. The van der Waals surface area contributed by atoms with Crippen LogP contribution in [-0.4, -0.2) is 27.4 Å². The van der Waals surface area contributed by atoms with E-state index in [2.05, 4.69) is 71.2 Å². The van der Waals surface area contributed by atoms with Crippen molar-refractivity contribution in [1.82, 2.24) is 0 Å². The van der Waals surface area contributed by atoms with Crippen LogP contribution in [0.5, 0.6) is 0 Å². The van der Waals surface area contributed by atoms with E-state index in [0.717, 1.165) is 24.2 Å². The summed E-state index contributed by atoms with van der Waals surface area (Å²) in [4.78, 5) is 0. The van der Waals surface area contributed by atoms with Gasteiger partial charge in [-0.05, 0) is 79.1 Å². The highest BCUT2D eigenvalue weighted by Crippen LogP contribution is 2.73. The summed E-state index contributed by atoms with van der Waals surface area (Å²) < 4.78 is 0. The van der Waals surface area contributed by atoms with Crippen molar-refractivity contribution in [3.63, 3.8) is 0 Å². The van der Waals surface area contributed by atoms with Gasteiger partial charge in [0.05, 0.1) is 22.3 Å². The van der Waals surface area contributed by atoms with Crippen LogP contribution < -0.4 is 0 Å². The van der Waals surface area contributed by atoms with Gasteiger partial charge in [0.1, 0.15) is 0 Å². The molecule has 0 heterocycles. The summed E-state index contributed by atoms with van der Waals surface area (Å²) in [5, 5.41) is 12.6. The zero-order valence-corrected chi connectivity index (χ0v) is 23.4. The van der Waals surface area contributed by atoms with Gasteiger partial charge in [0.25, 0.3) is 0 Å². The Balaban J connectivity index is 1.77. The molecule has 4 rings (SSSR count). The van der Waals surface area contributed by atoms with Gasteiger partial charge in [-0.15, -0.1) is 12.3 Å². The van der Waals surface area contributed by atoms with E-state index < -0.39 is 16.1 Å². The van der Waals surface area contributed by atoms with E-state index in [1.54, 1.807) is 5.57 Å². The molecule has 0 aromatic carbocycles. The third-order valence-corrected chi connectivity index (χ3v) is 16.2. The number of hydrogen-bond donors (Lipinski definition) is 1. The van der Waals surface area contributed by atoms with Gasteiger partial charge in [-0.2, -0.15) is 0 Å². The molecule has 0 aromatic heterocycles. The highest BCUT2D eigenvalue weighted by Gasteiger charge is 2.66. The summed E-state index contributed by atoms with van der Waals surface area (Å²) >= 11 is 0. The zero-order chi connectivity index (χ0) is 23.0. The van der Waals surface area contributed by atoms with Crippen LogP contribution >= 0.6 is 0 Å². The van der Waals surface area contributed by atoms with E-state index in [9.17, 15) is 5.11 Å². The Bertz CT molecular complexity index is 835. The largest absolute Gasteiger partial charge is 0.389 e. The van der Waals surface area contributed by atoms with Gasteiger partial charge in [-0.3, -0.25) is 0 Å². The van der Waals surface area contributed by atoms with E-state index in [-0.39, 0.29) is 11.1 Å². The third kappa shape index (κ3) is 3.26. The zero-order valence-electron chi connectivity index (χ0n) is 21.4. The minimum Gasteiger partial charge on any atom is -0.389 e. The molecule has 0 amide bonds. The molecule has 3 heteroatoms. The van der Waals surface area contributed by atoms with E-state index in [0.29, 0.717) is 17.3 Å². The molecule has 8 atom stereocenters. The smallest absolute Gasteiger partial charge is 0.0758 e. The summed E-state index contributed by atoms with van der Waals surface area (Å²) in [5.74, 6) is 6.92. The lowest BCUT2D eigenvalue weighted by Gasteiger charge is -2.59. The molecule has 31 heavy (non-hydrogen) atoms. The number of terminal acetylenes is 1. The summed E-state index contributed by atoms with van der Waals surface area (Å²) in [5.41, 5.74) is 1.87. The molecular weight excluding hydrogens is 408 g/mol. The van der Waals surface area contributed by atoms with Crippen molar-refractivity contribution >= 4 is 16.1 Å². The first-order chi connectivity index (χ1) is 14.3. The third-order valence-electron chi connectivity index (χ3n) is 10.4. The molecule has 4 aliphatic rings. The van der Waals surface area contributed by atoms with Gasteiger partial charge in [-0.25, -0.2) is 0 Å². The Morgan fingerprint density at radius 1 is 1.13 bits per heavy atom. The molecule has 1 nitrogen and oxygen atoms in total. The van der Waals surface area contributed by atoms with E-state index in [1.165, 1.54) is 37.3 Å². The average molecular weight is 455 g/mol. The van der Waals surface area contributed by atoms with Gasteiger partial charge >= 0.3 is 0 Å². The van der Waals surface area contributed by atoms with Crippen LogP contribution in [0.3, 0.4) is 0 Å². The number of rotatable bonds is 3. The Morgan fingerprint density at radius 2 is 1.81 bits per heavy atom. The second-order valence-electron chi connectivity index (χ2n) is 13.6. The topological polar surface area (TPSA) is 20.2 Å². The van der Waals surface area contributed by atoms with Crippen LogP contribution in [0.4, 0.5) is 0 Å². The molecule has 1 unspecified atom stereocenters. The molecule has 2 fully saturated rings. The lowest BCUT2D eigenvalue weighted by molar-refractivity contribution is -0.0271. The quantitative estimate of drug-likeness (QED) is 0.350. The van der Waals surface area contributed by atoms with E-state index in [4.69, 9.17) is 6.42 Å². The van der Waals surface area contributed by atoms with Gasteiger partial charge in [0.15, 0.2) is 0 Å². The van der Waals surface area contributed by atoms with Crippen LogP contribution in [0.2, 0.25) is 44.3 Å². The molecule has 0 saturated heterocycles. The van der Waals surface area contributed by atoms with Crippen LogP contribution in [0.25, 0.3) is 0 Å². The molecule has 0 spiro atoms. The second kappa shape index (κ2) is 7.47. The molecular formula is C28H46OSi2. The van der Waals surface area contributed by atoms with Gasteiger partial charge in [0, 0.05) is 5.04 Å². The first-order valence-electron chi connectivity index (χ1n) is 12.9. The molecule has 0 radical (unpaired) electrons. The molecule has 0 bridgehead atoms. The number of aliphatic hydroxyl groups is 1. The lowest BCUT2D eigenvalue weighted by atomic mass is 9.49. The number of fused-ring (bicyclic) bond motifs is 5. The summed E-state index contributed by atoms with van der Waals surface area (Å²) in [6.45, 7) is 19.7. The highest BCUT2D eigenvalue weighted by molar-refractivity contribution is 6.83. The van der Waals surface area contributed by atoms with Gasteiger partial charge in [0.2, 0.25) is 0 Å². The molecule has 172 valence electrons. The summed E-state index contributed by atoms with van der Waals surface area (Å²) in [6.07, 6.45) is 18.6. The standard InChI is InChI=1S/C28H46OSi2/c1-10-19-16-20-17-25(30(4,5)6)24(29)18-22(20)21-12-14-27(3)23(26(19)21)13-15-28(27,11-2)31(7,8)9/h2,16-17,19,21-24,26,29H,10,12-15,18H2,1,3-9H3/t19-,21-,22+,23+,24?,26-,27+,28+/m1/s1. The van der Waals surface area contributed by atoms with Crippen LogP contribution in [0.1, 0.15) is 52.4 Å². The Morgan fingerprint density at radius 3 is 2.35 bits per heavy atom. The van der Waals surface area contributed by atoms with Gasteiger partial charge < -0.3 is 5.11 Å². The maximum atomic E-state index is 11.1. The molecule has 0 aliphatic heterocycles. The molecule has 0 aromatic rings. The fourth-order valence-corrected chi connectivity index (χ4v) is 14.0. The van der Waals surface area contributed by atoms with E-state index >= 15 is 0 Å². The molecule has 4 aliphatic carbocycles. The number of allylic oxidation sites excluding steroid dienone is 3. The minimum absolute atomic E-state index is 0.134. The summed E-state index contributed by atoms with van der Waals surface area (Å²) in [7, 11) is -3.01. The van der Waals surface area contributed by atoms with Crippen molar-refractivity contribution in [2.75, 3.05) is 0 Å². The predicted molar refractivity (Wildman–Crippen MR) is 139 cm³/mol. The maximum Gasteiger partial charge on any atom is 0.0758 e. The van der Waals surface area contributed by atoms with Crippen molar-refractivity contribution in [2.24, 2.45) is 35.0 Å². The Hall–Kier alpha value is -0.566. The van der Waals surface area contributed by atoms with Crippen molar-refractivity contribution in [2.45, 2.75) is 103 Å². The van der Waals surface area contributed by atoms with Crippen molar-refractivity contribution in [3.05, 3.63) is 22.9 Å². The minimum atomic E-state index is -1.52. The maximum absolute atomic E-state index is 11.1. The summed E-state index contributed by atoms with van der Waals surface area (Å²) in [6, 6.07) is 0.